The van der Waals surface area contributed by atoms with E-state index in [4.69, 9.17) is 5.41 Å². The molecule has 0 aliphatic heterocycles. The van der Waals surface area contributed by atoms with E-state index in [9.17, 15) is 0 Å². The van der Waals surface area contributed by atoms with Crippen molar-refractivity contribution in [1.29, 1.82) is 5.41 Å². The predicted octanol–water partition coefficient (Wildman–Crippen LogP) is 6.39. The zero-order valence-electron chi connectivity index (χ0n) is 15.5. The fourth-order valence-corrected chi connectivity index (χ4v) is 3.76. The molecule has 128 valence electrons. The first kappa shape index (κ1) is 16.5. The van der Waals surface area contributed by atoms with Gasteiger partial charge in [-0.25, -0.2) is 0 Å². The highest BCUT2D eigenvalue weighted by atomic mass is 14.4. The Morgan fingerprint density at radius 1 is 0.769 bits per heavy atom. The quantitative estimate of drug-likeness (QED) is 0.535. The highest BCUT2D eigenvalue weighted by molar-refractivity contribution is 6.14. The standard InChI is InChI=1S/C25H23N/c1-16-12-13-22(18(3)17(16)2)25(26)24-15-21-11-7-6-10-20(21)14-23(24)19-8-4-5-9-19/h4-15,19,26H,1-3H3. The summed E-state index contributed by atoms with van der Waals surface area (Å²) >= 11 is 0. The van der Waals surface area contributed by atoms with Crippen LogP contribution in [0.15, 0.2) is 72.8 Å². The van der Waals surface area contributed by atoms with Crippen LogP contribution in [-0.4, -0.2) is 5.71 Å². The number of fused-ring (bicyclic) bond motifs is 1. The molecule has 1 nitrogen and oxygen atoms in total. The van der Waals surface area contributed by atoms with Gasteiger partial charge in [0.15, 0.2) is 0 Å². The van der Waals surface area contributed by atoms with Gasteiger partial charge in [0.05, 0.1) is 5.71 Å². The van der Waals surface area contributed by atoms with Crippen LogP contribution < -0.4 is 0 Å². The van der Waals surface area contributed by atoms with Crippen LogP contribution >= 0.6 is 0 Å². The fraction of sp³-hybridized carbons (Fsp3) is 0.160. The van der Waals surface area contributed by atoms with Gasteiger partial charge in [-0.15, -0.1) is 0 Å². The van der Waals surface area contributed by atoms with E-state index < -0.39 is 0 Å². The molecule has 3 aromatic rings. The van der Waals surface area contributed by atoms with E-state index in [1.54, 1.807) is 0 Å². The minimum Gasteiger partial charge on any atom is -0.300 e. The van der Waals surface area contributed by atoms with Crippen molar-refractivity contribution >= 4 is 16.5 Å². The van der Waals surface area contributed by atoms with Crippen LogP contribution in [-0.2, 0) is 0 Å². The predicted molar refractivity (Wildman–Crippen MR) is 112 cm³/mol. The maximum atomic E-state index is 9.01. The molecule has 0 bridgehead atoms. The third-order valence-electron chi connectivity index (χ3n) is 5.62. The largest absolute Gasteiger partial charge is 0.300 e. The van der Waals surface area contributed by atoms with Crippen LogP contribution in [0, 0.1) is 26.2 Å². The Hall–Kier alpha value is -2.93. The van der Waals surface area contributed by atoms with Gasteiger partial charge in [-0.05, 0) is 65.9 Å². The van der Waals surface area contributed by atoms with Crippen molar-refractivity contribution in [2.24, 2.45) is 0 Å². The molecule has 0 atom stereocenters. The number of rotatable bonds is 3. The van der Waals surface area contributed by atoms with E-state index in [-0.39, 0.29) is 5.92 Å². The lowest BCUT2D eigenvalue weighted by Crippen LogP contribution is -2.10. The second-order valence-electron chi connectivity index (χ2n) is 7.14. The lowest BCUT2D eigenvalue weighted by Gasteiger charge is -2.18. The maximum absolute atomic E-state index is 9.01. The van der Waals surface area contributed by atoms with Crippen molar-refractivity contribution in [2.75, 3.05) is 0 Å². The number of hydrogen-bond donors (Lipinski definition) is 1. The average Bonchev–Trinajstić information content (AvgIpc) is 3.19. The van der Waals surface area contributed by atoms with E-state index in [1.165, 1.54) is 33.0 Å². The first-order chi connectivity index (χ1) is 12.6. The van der Waals surface area contributed by atoms with E-state index in [2.05, 4.69) is 93.6 Å². The van der Waals surface area contributed by atoms with Gasteiger partial charge in [-0.3, -0.25) is 5.41 Å². The molecule has 0 aromatic heterocycles. The Kier molecular flexibility index (Phi) is 4.08. The summed E-state index contributed by atoms with van der Waals surface area (Å²) in [6, 6.07) is 17.1. The molecule has 1 aliphatic rings. The maximum Gasteiger partial charge on any atom is 0.0690 e. The lowest BCUT2D eigenvalue weighted by molar-refractivity contribution is 1.10. The van der Waals surface area contributed by atoms with Gasteiger partial charge in [0.1, 0.15) is 0 Å². The Balaban J connectivity index is 1.93. The van der Waals surface area contributed by atoms with Crippen molar-refractivity contribution in [2.45, 2.75) is 26.7 Å². The number of allylic oxidation sites excluding steroid dienone is 4. The number of nitrogens with one attached hydrogen (secondary N) is 1. The van der Waals surface area contributed by atoms with Crippen LogP contribution in [0.5, 0.6) is 0 Å². The molecule has 1 heteroatoms. The molecule has 0 heterocycles. The molecule has 0 amide bonds. The monoisotopic (exact) mass is 337 g/mol. The molecule has 0 spiro atoms. The molecule has 0 unspecified atom stereocenters. The first-order valence-electron chi connectivity index (χ1n) is 9.10. The third-order valence-corrected chi connectivity index (χ3v) is 5.62. The summed E-state index contributed by atoms with van der Waals surface area (Å²) in [6.07, 6.45) is 8.59. The van der Waals surface area contributed by atoms with Crippen molar-refractivity contribution in [3.63, 3.8) is 0 Å². The molecular formula is C25H23N. The Bertz CT molecular complexity index is 1070. The second kappa shape index (κ2) is 6.42. The summed E-state index contributed by atoms with van der Waals surface area (Å²) in [7, 11) is 0. The minimum absolute atomic E-state index is 0.238. The smallest absolute Gasteiger partial charge is 0.0690 e. The Morgan fingerprint density at radius 2 is 1.42 bits per heavy atom. The molecule has 4 rings (SSSR count). The van der Waals surface area contributed by atoms with Gasteiger partial charge in [-0.2, -0.15) is 0 Å². The molecule has 1 N–H and O–H groups in total. The summed E-state index contributed by atoms with van der Waals surface area (Å²) in [5.74, 6) is 0.238. The summed E-state index contributed by atoms with van der Waals surface area (Å²) in [5.41, 5.74) is 7.62. The lowest BCUT2D eigenvalue weighted by atomic mass is 9.86. The third kappa shape index (κ3) is 2.70. The molecule has 3 aromatic carbocycles. The van der Waals surface area contributed by atoms with Crippen LogP contribution in [0.25, 0.3) is 10.8 Å². The molecule has 0 fully saturated rings. The highest BCUT2D eigenvalue weighted by Gasteiger charge is 2.19. The topological polar surface area (TPSA) is 23.9 Å². The molecule has 26 heavy (non-hydrogen) atoms. The van der Waals surface area contributed by atoms with Crippen molar-refractivity contribution in [3.05, 3.63) is 106 Å². The Labute approximate surface area is 155 Å². The first-order valence-corrected chi connectivity index (χ1v) is 9.10. The second-order valence-corrected chi connectivity index (χ2v) is 7.14. The molecular weight excluding hydrogens is 314 g/mol. The fourth-order valence-electron chi connectivity index (χ4n) is 3.76. The number of benzene rings is 3. The Morgan fingerprint density at radius 3 is 2.12 bits per heavy atom. The molecule has 0 saturated heterocycles. The van der Waals surface area contributed by atoms with Gasteiger partial charge >= 0.3 is 0 Å². The van der Waals surface area contributed by atoms with Gasteiger partial charge in [0, 0.05) is 17.0 Å². The van der Waals surface area contributed by atoms with Crippen LogP contribution in [0.1, 0.15) is 39.3 Å². The molecule has 1 aliphatic carbocycles. The highest BCUT2D eigenvalue weighted by Crippen LogP contribution is 2.32. The summed E-state index contributed by atoms with van der Waals surface area (Å²) < 4.78 is 0. The van der Waals surface area contributed by atoms with E-state index in [0.717, 1.165) is 11.1 Å². The van der Waals surface area contributed by atoms with Gasteiger partial charge in [0.25, 0.3) is 0 Å². The van der Waals surface area contributed by atoms with Crippen LogP contribution in [0.2, 0.25) is 0 Å². The van der Waals surface area contributed by atoms with Gasteiger partial charge in [-0.1, -0.05) is 60.7 Å². The molecule has 0 radical (unpaired) electrons. The van der Waals surface area contributed by atoms with E-state index in [0.29, 0.717) is 5.71 Å². The summed E-state index contributed by atoms with van der Waals surface area (Å²) in [4.78, 5) is 0. The van der Waals surface area contributed by atoms with Crippen molar-refractivity contribution in [1.82, 2.24) is 0 Å². The zero-order chi connectivity index (χ0) is 18.3. The van der Waals surface area contributed by atoms with Crippen molar-refractivity contribution in [3.8, 4) is 0 Å². The van der Waals surface area contributed by atoms with E-state index >= 15 is 0 Å². The van der Waals surface area contributed by atoms with Crippen LogP contribution in [0.3, 0.4) is 0 Å². The SMILES string of the molecule is Cc1ccc(C(=N)c2cc3ccccc3cc2C2C=CC=C2)c(C)c1C. The minimum atomic E-state index is 0.238. The normalized spacial score (nSPS) is 13.7. The molecule has 0 saturated carbocycles. The van der Waals surface area contributed by atoms with E-state index in [1.807, 2.05) is 0 Å². The van der Waals surface area contributed by atoms with Crippen LogP contribution in [0.4, 0.5) is 0 Å². The number of hydrogen-bond acceptors (Lipinski definition) is 1. The van der Waals surface area contributed by atoms with Gasteiger partial charge in [0.2, 0.25) is 0 Å². The summed E-state index contributed by atoms with van der Waals surface area (Å²) in [6.45, 7) is 6.40. The average molecular weight is 337 g/mol. The van der Waals surface area contributed by atoms with Gasteiger partial charge < -0.3 is 0 Å². The summed E-state index contributed by atoms with van der Waals surface area (Å²) in [5, 5.41) is 11.4. The van der Waals surface area contributed by atoms with Crippen molar-refractivity contribution < 1.29 is 0 Å². The number of aryl methyl sites for hydroxylation is 1. The zero-order valence-corrected chi connectivity index (χ0v) is 15.5.